The Morgan fingerprint density at radius 2 is 2.16 bits per heavy atom. The first-order valence-electron chi connectivity index (χ1n) is 6.42. The van der Waals surface area contributed by atoms with Crippen molar-refractivity contribution in [3.05, 3.63) is 47.8 Å². The highest BCUT2D eigenvalue weighted by Crippen LogP contribution is 2.26. The van der Waals surface area contributed by atoms with E-state index >= 15 is 0 Å². The molecular weight excluding hydrogens is 243 g/mol. The second kappa shape index (κ2) is 5.48. The first kappa shape index (κ1) is 13.7. The third-order valence-electron chi connectivity index (χ3n) is 3.49. The fourth-order valence-corrected chi connectivity index (χ4v) is 2.12. The lowest BCUT2D eigenvalue weighted by Crippen LogP contribution is -2.37. The summed E-state index contributed by atoms with van der Waals surface area (Å²) in [4.78, 5) is 4.12. The van der Waals surface area contributed by atoms with Crippen LogP contribution in [0.15, 0.2) is 30.7 Å². The molecule has 2 N–H and O–H groups in total. The van der Waals surface area contributed by atoms with Crippen LogP contribution in [0.5, 0.6) is 0 Å². The number of rotatable bonds is 5. The van der Waals surface area contributed by atoms with E-state index in [9.17, 15) is 4.39 Å². The Hall–Kier alpha value is -1.75. The molecule has 0 aliphatic carbocycles. The maximum atomic E-state index is 12.9. The van der Waals surface area contributed by atoms with E-state index in [1.807, 2.05) is 26.4 Å². The molecule has 1 unspecified atom stereocenters. The number of halogens is 1. The Morgan fingerprint density at radius 3 is 2.68 bits per heavy atom. The van der Waals surface area contributed by atoms with Gasteiger partial charge in [-0.25, -0.2) is 4.39 Å². The first-order chi connectivity index (χ1) is 9.03. The number of pyridine rings is 1. The van der Waals surface area contributed by atoms with Crippen LogP contribution in [0.3, 0.4) is 0 Å². The van der Waals surface area contributed by atoms with Gasteiger partial charge in [-0.3, -0.25) is 9.67 Å². The summed E-state index contributed by atoms with van der Waals surface area (Å²) in [5.41, 5.74) is 7.77. The van der Waals surface area contributed by atoms with Gasteiger partial charge < -0.3 is 5.73 Å². The largest absolute Gasteiger partial charge is 0.320 e. The van der Waals surface area contributed by atoms with Gasteiger partial charge in [0.15, 0.2) is 0 Å². The van der Waals surface area contributed by atoms with Gasteiger partial charge in [0, 0.05) is 13.2 Å². The summed E-state index contributed by atoms with van der Waals surface area (Å²) in [5.74, 6) is -0.338. The molecule has 4 nitrogen and oxygen atoms in total. The topological polar surface area (TPSA) is 56.7 Å². The van der Waals surface area contributed by atoms with Gasteiger partial charge in [0.2, 0.25) is 0 Å². The fraction of sp³-hybridized carbons (Fsp3) is 0.429. The number of hydrogen-bond donors (Lipinski definition) is 1. The highest BCUT2D eigenvalue weighted by atomic mass is 19.1. The first-order valence-corrected chi connectivity index (χ1v) is 6.42. The lowest BCUT2D eigenvalue weighted by molar-refractivity contribution is 0.382. The van der Waals surface area contributed by atoms with Crippen LogP contribution in [0.25, 0.3) is 0 Å². The van der Waals surface area contributed by atoms with Crippen molar-refractivity contribution in [2.75, 3.05) is 0 Å². The zero-order chi connectivity index (χ0) is 13.9. The summed E-state index contributed by atoms with van der Waals surface area (Å²) < 4.78 is 14.7. The Balaban J connectivity index is 2.11. The molecule has 19 heavy (non-hydrogen) atoms. The number of aromatic nitrogens is 3. The average Bonchev–Trinajstić information content (AvgIpc) is 2.83. The normalized spacial score (nSPS) is 14.3. The molecule has 2 aromatic rings. The fourth-order valence-electron chi connectivity index (χ4n) is 2.12. The molecule has 1 atom stereocenters. The second-order valence-electron chi connectivity index (χ2n) is 4.89. The van der Waals surface area contributed by atoms with Crippen molar-refractivity contribution in [3.63, 3.8) is 0 Å². The number of nitrogens with zero attached hydrogens (tertiary/aromatic N) is 3. The third-order valence-corrected chi connectivity index (χ3v) is 3.49. The van der Waals surface area contributed by atoms with E-state index in [0.29, 0.717) is 0 Å². The summed E-state index contributed by atoms with van der Waals surface area (Å²) in [6, 6.07) is 3.08. The molecule has 0 bridgehead atoms. The van der Waals surface area contributed by atoms with E-state index < -0.39 is 5.54 Å². The van der Waals surface area contributed by atoms with Gasteiger partial charge in [-0.2, -0.15) is 5.10 Å². The quantitative estimate of drug-likeness (QED) is 0.898. The predicted octanol–water partition coefficient (Wildman–Crippen LogP) is 2.15. The Morgan fingerprint density at radius 1 is 1.37 bits per heavy atom. The van der Waals surface area contributed by atoms with Gasteiger partial charge in [0.05, 0.1) is 23.6 Å². The van der Waals surface area contributed by atoms with Crippen molar-refractivity contribution in [3.8, 4) is 0 Å². The molecule has 5 heteroatoms. The molecule has 102 valence electrons. The smallest absolute Gasteiger partial charge is 0.141 e. The molecule has 0 fully saturated rings. The van der Waals surface area contributed by atoms with Gasteiger partial charge in [-0.05, 0) is 37.0 Å². The van der Waals surface area contributed by atoms with Crippen LogP contribution < -0.4 is 5.73 Å². The van der Waals surface area contributed by atoms with E-state index in [-0.39, 0.29) is 5.82 Å². The van der Waals surface area contributed by atoms with Gasteiger partial charge in [-0.15, -0.1) is 0 Å². The Bertz CT molecular complexity index is 535. The van der Waals surface area contributed by atoms with Crippen molar-refractivity contribution in [1.82, 2.24) is 14.8 Å². The molecule has 0 amide bonds. The van der Waals surface area contributed by atoms with Gasteiger partial charge in [0.25, 0.3) is 0 Å². The molecular formula is C14H19FN4. The van der Waals surface area contributed by atoms with Crippen molar-refractivity contribution in [2.24, 2.45) is 12.8 Å². The van der Waals surface area contributed by atoms with Crippen LogP contribution in [0.1, 0.15) is 31.0 Å². The summed E-state index contributed by atoms with van der Waals surface area (Å²) in [6.07, 6.45) is 7.38. The van der Waals surface area contributed by atoms with Crippen LogP contribution in [0.4, 0.5) is 4.39 Å². The molecule has 2 aromatic heterocycles. The van der Waals surface area contributed by atoms with Gasteiger partial charge in [0.1, 0.15) is 5.82 Å². The summed E-state index contributed by atoms with van der Waals surface area (Å²) in [7, 11) is 1.89. The number of aryl methyl sites for hydroxylation is 2. The second-order valence-corrected chi connectivity index (χ2v) is 4.89. The summed E-state index contributed by atoms with van der Waals surface area (Å²) >= 11 is 0. The van der Waals surface area contributed by atoms with Crippen LogP contribution in [0.2, 0.25) is 0 Å². The van der Waals surface area contributed by atoms with Crippen LogP contribution >= 0.6 is 0 Å². The predicted molar refractivity (Wildman–Crippen MR) is 71.9 cm³/mol. The van der Waals surface area contributed by atoms with Gasteiger partial charge in [-0.1, -0.05) is 6.92 Å². The monoisotopic (exact) mass is 262 g/mol. The van der Waals surface area contributed by atoms with E-state index in [0.717, 1.165) is 30.5 Å². The number of hydrogen-bond acceptors (Lipinski definition) is 3. The van der Waals surface area contributed by atoms with Gasteiger partial charge >= 0.3 is 0 Å². The minimum absolute atomic E-state index is 0.338. The lowest BCUT2D eigenvalue weighted by atomic mass is 9.86. The molecule has 0 aliphatic heterocycles. The maximum Gasteiger partial charge on any atom is 0.141 e. The van der Waals surface area contributed by atoms with Crippen molar-refractivity contribution in [1.29, 1.82) is 0 Å². The van der Waals surface area contributed by atoms with E-state index in [1.54, 1.807) is 10.7 Å². The van der Waals surface area contributed by atoms with E-state index in [4.69, 9.17) is 5.73 Å². The van der Waals surface area contributed by atoms with Crippen LogP contribution in [-0.2, 0) is 19.0 Å². The highest BCUT2D eigenvalue weighted by Gasteiger charge is 2.26. The molecule has 0 radical (unpaired) electrons. The zero-order valence-electron chi connectivity index (χ0n) is 11.3. The molecule has 0 spiro atoms. The lowest BCUT2D eigenvalue weighted by Gasteiger charge is -2.27. The van der Waals surface area contributed by atoms with Crippen LogP contribution in [0, 0.1) is 5.82 Å². The third kappa shape index (κ3) is 3.17. The highest BCUT2D eigenvalue weighted by molar-refractivity contribution is 5.17. The SMILES string of the molecule is CCC(N)(CCc1cnn(C)c1)c1ccc(F)cn1. The Kier molecular flexibility index (Phi) is 3.95. The van der Waals surface area contributed by atoms with E-state index in [1.165, 1.54) is 12.3 Å². The van der Waals surface area contributed by atoms with Crippen molar-refractivity contribution >= 4 is 0 Å². The molecule has 2 rings (SSSR count). The molecule has 2 heterocycles. The van der Waals surface area contributed by atoms with Crippen molar-refractivity contribution in [2.45, 2.75) is 31.7 Å². The van der Waals surface area contributed by atoms with Crippen LogP contribution in [-0.4, -0.2) is 14.8 Å². The standard InChI is InChI=1S/C14H19FN4/c1-3-14(16,13-5-4-12(15)9-17-13)7-6-11-8-18-19(2)10-11/h4-5,8-10H,3,6-7,16H2,1-2H3. The molecule has 0 saturated heterocycles. The maximum absolute atomic E-state index is 12.9. The minimum Gasteiger partial charge on any atom is -0.320 e. The summed E-state index contributed by atoms with van der Waals surface area (Å²) in [6.45, 7) is 2.02. The Labute approximate surface area is 112 Å². The minimum atomic E-state index is -0.524. The molecule has 0 saturated carbocycles. The summed E-state index contributed by atoms with van der Waals surface area (Å²) in [5, 5.41) is 4.14. The average molecular weight is 262 g/mol. The molecule has 0 aliphatic rings. The van der Waals surface area contributed by atoms with Crippen molar-refractivity contribution < 1.29 is 4.39 Å². The molecule has 0 aromatic carbocycles. The zero-order valence-corrected chi connectivity index (χ0v) is 11.3. The van der Waals surface area contributed by atoms with E-state index in [2.05, 4.69) is 10.1 Å². The number of nitrogens with two attached hydrogens (primary N) is 1.